The monoisotopic (exact) mass is 361 g/mol. The molecule has 0 saturated carbocycles. The molecule has 0 saturated heterocycles. The van der Waals surface area contributed by atoms with Gasteiger partial charge in [0.15, 0.2) is 0 Å². The number of unbranched alkanes of at least 4 members (excludes halogenated alkanes) is 1. The van der Waals surface area contributed by atoms with Crippen LogP contribution in [0.1, 0.15) is 40.5 Å². The third-order valence-corrected chi connectivity index (χ3v) is 3.89. The number of rotatable bonds is 7. The summed E-state index contributed by atoms with van der Waals surface area (Å²) in [6.45, 7) is 2.77. The quantitative estimate of drug-likeness (QED) is 0.781. The molecule has 0 bridgehead atoms. The van der Waals surface area contributed by atoms with E-state index in [0.717, 1.165) is 12.8 Å². The number of benzene rings is 1. The molecule has 2 N–H and O–H groups in total. The molecule has 2 aromatic rings. The van der Waals surface area contributed by atoms with Gasteiger partial charge in [-0.3, -0.25) is 4.79 Å². The number of halogens is 1. The summed E-state index contributed by atoms with van der Waals surface area (Å²) >= 11 is 5.88. The average Bonchev–Trinajstić information content (AvgIpc) is 2.59. The van der Waals surface area contributed by atoms with Crippen LogP contribution in [0.3, 0.4) is 0 Å². The number of nitrogens with zero attached hydrogens (tertiary/aromatic N) is 2. The van der Waals surface area contributed by atoms with Gasteiger partial charge in [-0.15, -0.1) is 0 Å². The van der Waals surface area contributed by atoms with Crippen LogP contribution in [-0.4, -0.2) is 35.6 Å². The summed E-state index contributed by atoms with van der Waals surface area (Å²) in [7, 11) is 1.80. The van der Waals surface area contributed by atoms with E-state index < -0.39 is 5.97 Å². The molecule has 0 radical (unpaired) electrons. The first-order chi connectivity index (χ1) is 11.9. The molecule has 0 aliphatic carbocycles. The third kappa shape index (κ3) is 4.93. The van der Waals surface area contributed by atoms with E-state index in [-0.39, 0.29) is 11.5 Å². The van der Waals surface area contributed by atoms with Crippen molar-refractivity contribution < 1.29 is 14.7 Å². The van der Waals surface area contributed by atoms with Crippen LogP contribution in [0.15, 0.2) is 36.5 Å². The van der Waals surface area contributed by atoms with Gasteiger partial charge in [0.1, 0.15) is 11.4 Å². The normalized spacial score (nSPS) is 10.4. The largest absolute Gasteiger partial charge is 0.478 e. The van der Waals surface area contributed by atoms with Gasteiger partial charge in [0.05, 0.1) is 11.9 Å². The van der Waals surface area contributed by atoms with Gasteiger partial charge in [-0.2, -0.15) is 0 Å². The Morgan fingerprint density at radius 1 is 1.32 bits per heavy atom. The molecule has 1 aromatic carbocycles. The molecule has 25 heavy (non-hydrogen) atoms. The maximum atomic E-state index is 12.3. The number of carboxylic acid groups (broad SMARTS) is 1. The van der Waals surface area contributed by atoms with Gasteiger partial charge in [0.2, 0.25) is 0 Å². The lowest BCUT2D eigenvalue weighted by Gasteiger charge is -2.20. The van der Waals surface area contributed by atoms with E-state index >= 15 is 0 Å². The van der Waals surface area contributed by atoms with Gasteiger partial charge >= 0.3 is 5.97 Å². The van der Waals surface area contributed by atoms with E-state index in [1.54, 1.807) is 30.1 Å². The first-order valence-corrected chi connectivity index (χ1v) is 8.31. The van der Waals surface area contributed by atoms with Crippen molar-refractivity contribution in [2.75, 3.05) is 23.8 Å². The van der Waals surface area contributed by atoms with Crippen LogP contribution < -0.4 is 10.2 Å². The Morgan fingerprint density at radius 2 is 2.08 bits per heavy atom. The highest BCUT2D eigenvalue weighted by atomic mass is 35.5. The lowest BCUT2D eigenvalue weighted by atomic mass is 10.2. The molecule has 2 rings (SSSR count). The number of pyridine rings is 1. The Bertz CT molecular complexity index is 780. The molecule has 0 fully saturated rings. The summed E-state index contributed by atoms with van der Waals surface area (Å²) in [5, 5.41) is 12.6. The molecule has 1 aromatic heterocycles. The Labute approximate surface area is 151 Å². The van der Waals surface area contributed by atoms with Crippen molar-refractivity contribution in [1.29, 1.82) is 0 Å². The molecular formula is C18H20ClN3O3. The van der Waals surface area contributed by atoms with Gasteiger partial charge < -0.3 is 15.3 Å². The number of carbonyl (C=O) groups excluding carboxylic acids is 1. The number of hydrogen-bond donors (Lipinski definition) is 2. The summed E-state index contributed by atoms with van der Waals surface area (Å²) in [6, 6.07) is 7.91. The molecule has 7 heteroatoms. The number of amides is 1. The Balaban J connectivity index is 2.23. The van der Waals surface area contributed by atoms with Crippen molar-refractivity contribution in [3.05, 3.63) is 52.7 Å². The Morgan fingerprint density at radius 3 is 2.72 bits per heavy atom. The number of nitrogens with one attached hydrogen (secondary N) is 1. The van der Waals surface area contributed by atoms with Gasteiger partial charge in [-0.25, -0.2) is 9.78 Å². The zero-order valence-corrected chi connectivity index (χ0v) is 14.9. The van der Waals surface area contributed by atoms with Gasteiger partial charge in [-0.1, -0.05) is 31.0 Å². The fraction of sp³-hybridized carbons (Fsp3) is 0.278. The van der Waals surface area contributed by atoms with Crippen LogP contribution in [0.2, 0.25) is 5.02 Å². The first-order valence-electron chi connectivity index (χ1n) is 7.93. The van der Waals surface area contributed by atoms with Crippen LogP contribution in [0.4, 0.5) is 11.5 Å². The van der Waals surface area contributed by atoms with Crippen LogP contribution in [0, 0.1) is 0 Å². The third-order valence-electron chi connectivity index (χ3n) is 3.65. The molecule has 1 amide bonds. The maximum Gasteiger partial charge on any atom is 0.339 e. The van der Waals surface area contributed by atoms with E-state index in [9.17, 15) is 14.7 Å². The molecule has 0 aliphatic heterocycles. The van der Waals surface area contributed by atoms with Crippen LogP contribution >= 0.6 is 11.6 Å². The summed E-state index contributed by atoms with van der Waals surface area (Å²) in [5.74, 6) is -1.10. The van der Waals surface area contributed by atoms with Gasteiger partial charge in [0.25, 0.3) is 5.91 Å². The second-order valence-electron chi connectivity index (χ2n) is 5.64. The van der Waals surface area contributed by atoms with E-state index in [0.29, 0.717) is 28.6 Å². The standard InChI is InChI=1S/C18H20ClN3O3/c1-3-4-8-22(2)16-15(18(24)25)10-14(11-20-16)21-17(23)12-6-5-7-13(19)9-12/h5-7,9-11H,3-4,8H2,1-2H3,(H,21,23)(H,24,25). The van der Waals surface area contributed by atoms with Crippen molar-refractivity contribution in [3.63, 3.8) is 0 Å². The van der Waals surface area contributed by atoms with Crippen LogP contribution in [0.5, 0.6) is 0 Å². The molecule has 0 atom stereocenters. The fourth-order valence-corrected chi connectivity index (χ4v) is 2.51. The highest BCUT2D eigenvalue weighted by molar-refractivity contribution is 6.31. The van der Waals surface area contributed by atoms with E-state index in [1.807, 2.05) is 0 Å². The summed E-state index contributed by atoms with van der Waals surface area (Å²) in [6.07, 6.45) is 3.39. The molecule has 0 unspecified atom stereocenters. The summed E-state index contributed by atoms with van der Waals surface area (Å²) in [5.41, 5.74) is 0.742. The summed E-state index contributed by atoms with van der Waals surface area (Å²) < 4.78 is 0. The number of carboxylic acids is 1. The van der Waals surface area contributed by atoms with Gasteiger partial charge in [-0.05, 0) is 30.7 Å². The second-order valence-corrected chi connectivity index (χ2v) is 6.08. The fourth-order valence-electron chi connectivity index (χ4n) is 2.32. The number of aromatic nitrogens is 1. The van der Waals surface area contributed by atoms with Crippen molar-refractivity contribution in [2.24, 2.45) is 0 Å². The molecule has 1 heterocycles. The molecule has 0 aliphatic rings. The molecule has 0 spiro atoms. The first kappa shape index (κ1) is 18.7. The lowest BCUT2D eigenvalue weighted by molar-refractivity contribution is 0.0697. The van der Waals surface area contributed by atoms with Crippen molar-refractivity contribution in [1.82, 2.24) is 4.98 Å². The minimum atomic E-state index is -1.09. The van der Waals surface area contributed by atoms with Crippen molar-refractivity contribution >= 4 is 35.0 Å². The Kier molecular flexibility index (Phi) is 6.36. The van der Waals surface area contributed by atoms with Crippen molar-refractivity contribution in [2.45, 2.75) is 19.8 Å². The van der Waals surface area contributed by atoms with E-state index in [1.165, 1.54) is 18.3 Å². The number of aromatic carboxylic acids is 1. The second kappa shape index (κ2) is 8.48. The highest BCUT2D eigenvalue weighted by Gasteiger charge is 2.17. The lowest BCUT2D eigenvalue weighted by Crippen LogP contribution is -2.23. The topological polar surface area (TPSA) is 82.5 Å². The predicted molar refractivity (Wildman–Crippen MR) is 98.8 cm³/mol. The van der Waals surface area contributed by atoms with Crippen LogP contribution in [-0.2, 0) is 0 Å². The van der Waals surface area contributed by atoms with Crippen LogP contribution in [0.25, 0.3) is 0 Å². The minimum absolute atomic E-state index is 0.0440. The summed E-state index contributed by atoms with van der Waals surface area (Å²) in [4.78, 5) is 29.8. The van der Waals surface area contributed by atoms with E-state index in [4.69, 9.17) is 11.6 Å². The van der Waals surface area contributed by atoms with Crippen molar-refractivity contribution in [3.8, 4) is 0 Å². The highest BCUT2D eigenvalue weighted by Crippen LogP contribution is 2.22. The zero-order valence-electron chi connectivity index (χ0n) is 14.1. The number of carbonyl (C=O) groups is 2. The smallest absolute Gasteiger partial charge is 0.339 e. The zero-order chi connectivity index (χ0) is 18.4. The molecule has 6 nitrogen and oxygen atoms in total. The average molecular weight is 362 g/mol. The maximum absolute atomic E-state index is 12.3. The molecular weight excluding hydrogens is 342 g/mol. The number of hydrogen-bond acceptors (Lipinski definition) is 4. The Hall–Kier alpha value is -2.60. The van der Waals surface area contributed by atoms with Gasteiger partial charge in [0, 0.05) is 24.2 Å². The minimum Gasteiger partial charge on any atom is -0.478 e. The number of anilines is 2. The molecule has 132 valence electrons. The predicted octanol–water partition coefficient (Wildman–Crippen LogP) is 3.92. The SMILES string of the molecule is CCCCN(C)c1ncc(NC(=O)c2cccc(Cl)c2)cc1C(=O)O. The van der Waals surface area contributed by atoms with E-state index in [2.05, 4.69) is 17.2 Å².